The van der Waals surface area contributed by atoms with E-state index in [1.54, 1.807) is 0 Å². The van der Waals surface area contributed by atoms with Gasteiger partial charge in [0.2, 0.25) is 5.91 Å². The van der Waals surface area contributed by atoms with Crippen LogP contribution in [0.1, 0.15) is 31.4 Å². The molecule has 102 valence electrons. The number of nitrogens with one attached hydrogen (secondary N) is 1. The van der Waals surface area contributed by atoms with Gasteiger partial charge < -0.3 is 11.1 Å². The molecule has 0 atom stereocenters. The summed E-state index contributed by atoms with van der Waals surface area (Å²) in [7, 11) is 0. The van der Waals surface area contributed by atoms with Crippen LogP contribution in [-0.2, 0) is 11.2 Å². The predicted molar refractivity (Wildman–Crippen MR) is 78.0 cm³/mol. The number of hydrogen-bond acceptors (Lipinski definition) is 2. The molecular formula is C14H23ClN2O. The normalized spacial score (nSPS) is 10.7. The molecule has 3 N–H and O–H groups in total. The number of carbonyl (C=O) groups is 1. The lowest BCUT2D eigenvalue weighted by Gasteiger charge is -2.18. The highest BCUT2D eigenvalue weighted by molar-refractivity contribution is 5.85. The van der Waals surface area contributed by atoms with E-state index in [0.717, 1.165) is 6.42 Å². The molecule has 0 aliphatic carbocycles. The van der Waals surface area contributed by atoms with E-state index in [9.17, 15) is 4.79 Å². The Balaban J connectivity index is 0.00000289. The molecule has 0 saturated carbocycles. The van der Waals surface area contributed by atoms with Crippen molar-refractivity contribution in [2.45, 2.75) is 39.2 Å². The van der Waals surface area contributed by atoms with Crippen molar-refractivity contribution >= 4 is 18.3 Å². The van der Waals surface area contributed by atoms with E-state index in [-0.39, 0.29) is 23.9 Å². The Hall–Kier alpha value is -1.06. The summed E-state index contributed by atoms with van der Waals surface area (Å²) in [5.74, 6) is 0.0602. The molecule has 1 aromatic carbocycles. The zero-order valence-electron chi connectivity index (χ0n) is 11.3. The largest absolute Gasteiger partial charge is 0.354 e. The maximum Gasteiger partial charge on any atom is 0.220 e. The number of benzene rings is 1. The van der Waals surface area contributed by atoms with Crippen molar-refractivity contribution in [1.82, 2.24) is 5.32 Å². The van der Waals surface area contributed by atoms with Crippen LogP contribution in [-0.4, -0.2) is 18.0 Å². The van der Waals surface area contributed by atoms with Gasteiger partial charge in [-0.2, -0.15) is 0 Å². The Labute approximate surface area is 116 Å². The predicted octanol–water partition coefficient (Wildman–Crippen LogP) is 2.20. The molecule has 0 bridgehead atoms. The Bertz CT molecular complexity index is 386. The van der Waals surface area contributed by atoms with E-state index in [2.05, 4.69) is 24.4 Å². The summed E-state index contributed by atoms with van der Waals surface area (Å²) in [6.45, 7) is 6.36. The summed E-state index contributed by atoms with van der Waals surface area (Å²) in [5.41, 5.74) is 7.88. The zero-order chi connectivity index (χ0) is 12.9. The first-order chi connectivity index (χ1) is 7.87. The number of hydrogen-bond donors (Lipinski definition) is 2. The van der Waals surface area contributed by atoms with Gasteiger partial charge in [-0.05, 0) is 32.8 Å². The summed E-state index contributed by atoms with van der Waals surface area (Å²) in [6.07, 6.45) is 1.29. The quantitative estimate of drug-likeness (QED) is 0.862. The number of halogens is 1. The van der Waals surface area contributed by atoms with Crippen LogP contribution in [0.3, 0.4) is 0 Å². The molecule has 1 rings (SSSR count). The molecule has 0 aliphatic heterocycles. The first kappa shape index (κ1) is 16.9. The van der Waals surface area contributed by atoms with E-state index in [4.69, 9.17) is 5.73 Å². The van der Waals surface area contributed by atoms with Gasteiger partial charge in [0.05, 0.1) is 0 Å². The van der Waals surface area contributed by atoms with Crippen LogP contribution in [0.5, 0.6) is 0 Å². The third-order valence-corrected chi connectivity index (χ3v) is 2.46. The molecule has 0 aromatic heterocycles. The minimum atomic E-state index is -0.348. The fourth-order valence-electron chi connectivity index (χ4n) is 1.54. The molecule has 1 amide bonds. The third-order valence-electron chi connectivity index (χ3n) is 2.46. The number of nitrogens with two attached hydrogens (primary N) is 1. The van der Waals surface area contributed by atoms with Crippen LogP contribution in [0.4, 0.5) is 0 Å². The molecular weight excluding hydrogens is 248 g/mol. The van der Waals surface area contributed by atoms with Crippen LogP contribution < -0.4 is 11.1 Å². The summed E-state index contributed by atoms with van der Waals surface area (Å²) >= 11 is 0. The monoisotopic (exact) mass is 270 g/mol. The second-order valence-corrected chi connectivity index (χ2v) is 5.25. The van der Waals surface area contributed by atoms with Gasteiger partial charge in [-0.3, -0.25) is 4.79 Å². The van der Waals surface area contributed by atoms with Crippen molar-refractivity contribution in [2.75, 3.05) is 6.54 Å². The van der Waals surface area contributed by atoms with Gasteiger partial charge in [0.25, 0.3) is 0 Å². The Morgan fingerprint density at radius 3 is 2.61 bits per heavy atom. The maximum atomic E-state index is 11.6. The van der Waals surface area contributed by atoms with Crippen LogP contribution in [0, 0.1) is 6.92 Å². The Morgan fingerprint density at radius 2 is 2.06 bits per heavy atom. The molecule has 0 spiro atoms. The van der Waals surface area contributed by atoms with Crippen molar-refractivity contribution in [1.29, 1.82) is 0 Å². The molecule has 0 radical (unpaired) electrons. The van der Waals surface area contributed by atoms with E-state index in [1.807, 2.05) is 26.0 Å². The first-order valence-electron chi connectivity index (χ1n) is 5.98. The second-order valence-electron chi connectivity index (χ2n) is 5.25. The van der Waals surface area contributed by atoms with Gasteiger partial charge in [0, 0.05) is 18.5 Å². The summed E-state index contributed by atoms with van der Waals surface area (Å²) in [5, 5.41) is 2.84. The summed E-state index contributed by atoms with van der Waals surface area (Å²) in [6, 6.07) is 8.24. The molecule has 0 heterocycles. The first-order valence-corrected chi connectivity index (χ1v) is 5.98. The number of aryl methyl sites for hydroxylation is 2. The molecule has 0 aliphatic rings. The van der Waals surface area contributed by atoms with Crippen molar-refractivity contribution in [3.05, 3.63) is 35.4 Å². The SMILES string of the molecule is Cc1cccc(CCC(=O)NCC(C)(C)N)c1.Cl. The zero-order valence-corrected chi connectivity index (χ0v) is 12.1. The molecule has 0 unspecified atom stereocenters. The summed E-state index contributed by atoms with van der Waals surface area (Å²) in [4.78, 5) is 11.6. The molecule has 18 heavy (non-hydrogen) atoms. The van der Waals surface area contributed by atoms with Crippen molar-refractivity contribution in [2.24, 2.45) is 5.73 Å². The molecule has 0 fully saturated rings. The second kappa shape index (κ2) is 7.39. The minimum absolute atomic E-state index is 0. The van der Waals surface area contributed by atoms with Crippen LogP contribution in [0.2, 0.25) is 0 Å². The Morgan fingerprint density at radius 1 is 1.39 bits per heavy atom. The summed E-state index contributed by atoms with van der Waals surface area (Å²) < 4.78 is 0. The van der Waals surface area contributed by atoms with Gasteiger partial charge in [-0.15, -0.1) is 12.4 Å². The topological polar surface area (TPSA) is 55.1 Å². The van der Waals surface area contributed by atoms with E-state index in [1.165, 1.54) is 11.1 Å². The highest BCUT2D eigenvalue weighted by Gasteiger charge is 2.11. The molecule has 3 nitrogen and oxygen atoms in total. The van der Waals surface area contributed by atoms with Gasteiger partial charge in [0.15, 0.2) is 0 Å². The number of carbonyl (C=O) groups excluding carboxylic acids is 1. The third kappa shape index (κ3) is 7.30. The lowest BCUT2D eigenvalue weighted by Crippen LogP contribution is -2.45. The van der Waals surface area contributed by atoms with E-state index in [0.29, 0.717) is 13.0 Å². The minimum Gasteiger partial charge on any atom is -0.354 e. The van der Waals surface area contributed by atoms with Gasteiger partial charge >= 0.3 is 0 Å². The highest BCUT2D eigenvalue weighted by atomic mass is 35.5. The molecule has 4 heteroatoms. The van der Waals surface area contributed by atoms with Crippen molar-refractivity contribution in [3.63, 3.8) is 0 Å². The van der Waals surface area contributed by atoms with Crippen molar-refractivity contribution in [3.8, 4) is 0 Å². The van der Waals surface area contributed by atoms with Crippen molar-refractivity contribution < 1.29 is 4.79 Å². The Kier molecular flexibility index (Phi) is 6.96. The standard InChI is InChI=1S/C14H22N2O.ClH/c1-11-5-4-6-12(9-11)7-8-13(17)16-10-14(2,3)15;/h4-6,9H,7-8,10,15H2,1-3H3,(H,16,17);1H. The lowest BCUT2D eigenvalue weighted by atomic mass is 10.1. The van der Waals surface area contributed by atoms with Gasteiger partial charge in [-0.1, -0.05) is 29.8 Å². The van der Waals surface area contributed by atoms with Crippen LogP contribution in [0.15, 0.2) is 24.3 Å². The number of amides is 1. The fraction of sp³-hybridized carbons (Fsp3) is 0.500. The van der Waals surface area contributed by atoms with Gasteiger partial charge in [0.1, 0.15) is 0 Å². The smallest absolute Gasteiger partial charge is 0.220 e. The van der Waals surface area contributed by atoms with E-state index >= 15 is 0 Å². The van der Waals surface area contributed by atoms with Gasteiger partial charge in [-0.25, -0.2) is 0 Å². The average molecular weight is 271 g/mol. The molecule has 0 saturated heterocycles. The fourth-order valence-corrected chi connectivity index (χ4v) is 1.54. The molecule has 1 aromatic rings. The van der Waals surface area contributed by atoms with Crippen LogP contribution in [0.25, 0.3) is 0 Å². The lowest BCUT2D eigenvalue weighted by molar-refractivity contribution is -0.121. The van der Waals surface area contributed by atoms with Crippen LogP contribution >= 0.6 is 12.4 Å². The maximum absolute atomic E-state index is 11.6. The average Bonchev–Trinajstić information content (AvgIpc) is 2.23. The number of rotatable bonds is 5. The highest BCUT2D eigenvalue weighted by Crippen LogP contribution is 2.06. The van der Waals surface area contributed by atoms with E-state index < -0.39 is 0 Å².